The normalized spacial score (nSPS) is 17.6. The van der Waals surface area contributed by atoms with Crippen LogP contribution in [0.25, 0.3) is 10.9 Å². The number of hydrogen-bond acceptors (Lipinski definition) is 3. The van der Waals surface area contributed by atoms with Crippen LogP contribution < -0.4 is 4.90 Å². The van der Waals surface area contributed by atoms with Gasteiger partial charge in [-0.3, -0.25) is 4.79 Å². The first-order valence-corrected chi connectivity index (χ1v) is 8.73. The molecule has 0 radical (unpaired) electrons. The lowest BCUT2D eigenvalue weighted by molar-refractivity contribution is 0.0712. The van der Waals surface area contributed by atoms with Gasteiger partial charge in [0.15, 0.2) is 0 Å². The van der Waals surface area contributed by atoms with Crippen molar-refractivity contribution >= 4 is 22.6 Å². The zero-order chi connectivity index (χ0) is 17.2. The van der Waals surface area contributed by atoms with E-state index in [0.29, 0.717) is 5.69 Å². The molecule has 25 heavy (non-hydrogen) atoms. The maximum Gasteiger partial charge on any atom is 0.270 e. The molecule has 4 rings (SSSR count). The van der Waals surface area contributed by atoms with Crippen LogP contribution in [-0.2, 0) is 0 Å². The van der Waals surface area contributed by atoms with Gasteiger partial charge in [0.2, 0.25) is 0 Å². The van der Waals surface area contributed by atoms with Crippen LogP contribution in [0.4, 0.5) is 5.82 Å². The average molecular weight is 334 g/mol. The average Bonchev–Trinajstić information content (AvgIpc) is 3.12. The third-order valence-corrected chi connectivity index (χ3v) is 5.00. The Morgan fingerprint density at radius 1 is 1.24 bits per heavy atom. The number of hydrogen-bond donors (Lipinski definition) is 1. The molecular formula is C20H22N4O. The molecule has 2 aromatic heterocycles. The number of benzene rings is 1. The van der Waals surface area contributed by atoms with Crippen molar-refractivity contribution in [1.29, 1.82) is 0 Å². The summed E-state index contributed by atoms with van der Waals surface area (Å²) in [4.78, 5) is 24.7. The van der Waals surface area contributed by atoms with E-state index in [1.807, 2.05) is 66.7 Å². The molecule has 1 aliphatic rings. The van der Waals surface area contributed by atoms with Crippen molar-refractivity contribution in [3.63, 3.8) is 0 Å². The summed E-state index contributed by atoms with van der Waals surface area (Å²) in [6.45, 7) is 1.81. The number of nitrogens with one attached hydrogen (secondary N) is 1. The third kappa shape index (κ3) is 3.09. The van der Waals surface area contributed by atoms with E-state index in [9.17, 15) is 4.79 Å². The van der Waals surface area contributed by atoms with Gasteiger partial charge in [0.05, 0.1) is 0 Å². The number of rotatable bonds is 3. The fraction of sp³-hybridized carbons (Fsp3) is 0.300. The molecule has 1 atom stereocenters. The monoisotopic (exact) mass is 334 g/mol. The van der Waals surface area contributed by atoms with Gasteiger partial charge in [0.25, 0.3) is 5.91 Å². The summed E-state index contributed by atoms with van der Waals surface area (Å²) < 4.78 is 0. The number of anilines is 1. The van der Waals surface area contributed by atoms with Crippen molar-refractivity contribution in [2.45, 2.75) is 18.9 Å². The summed E-state index contributed by atoms with van der Waals surface area (Å²) in [7, 11) is 1.90. The smallest absolute Gasteiger partial charge is 0.270 e. The molecule has 0 unspecified atom stereocenters. The number of likely N-dealkylation sites (N-methyl/N-ethyl adjacent to an activating group) is 1. The largest absolute Gasteiger partial charge is 0.355 e. The molecule has 0 saturated carbocycles. The van der Waals surface area contributed by atoms with Gasteiger partial charge in [0, 0.05) is 43.3 Å². The molecule has 5 heteroatoms. The van der Waals surface area contributed by atoms with Gasteiger partial charge in [-0.25, -0.2) is 4.98 Å². The lowest BCUT2D eigenvalue weighted by Crippen LogP contribution is -2.49. The Labute approximate surface area is 147 Å². The van der Waals surface area contributed by atoms with Crippen molar-refractivity contribution in [1.82, 2.24) is 14.9 Å². The van der Waals surface area contributed by atoms with Crippen molar-refractivity contribution < 1.29 is 4.79 Å². The predicted molar refractivity (Wildman–Crippen MR) is 99.9 cm³/mol. The van der Waals surface area contributed by atoms with Crippen molar-refractivity contribution in [3.8, 4) is 0 Å². The first kappa shape index (κ1) is 15.7. The number of nitrogens with zero attached hydrogens (tertiary/aromatic N) is 3. The Bertz CT molecular complexity index is 841. The van der Waals surface area contributed by atoms with Gasteiger partial charge >= 0.3 is 0 Å². The number of carbonyl (C=O) groups excluding carboxylic acids is 1. The summed E-state index contributed by atoms with van der Waals surface area (Å²) in [6.07, 6.45) is 3.90. The Hall–Kier alpha value is -2.82. The van der Waals surface area contributed by atoms with E-state index < -0.39 is 0 Å². The van der Waals surface area contributed by atoms with Crippen LogP contribution in [0.5, 0.6) is 0 Å². The molecule has 128 valence electrons. The standard InChI is InChI=1S/C20H22N4O/c1-23(20(25)18-13-15-7-2-3-9-17(15)22-18)16-8-6-12-24(14-16)19-10-4-5-11-21-19/h2-5,7,9-11,13,16,22H,6,8,12,14H2,1H3/t16-/m0/s1. The summed E-state index contributed by atoms with van der Waals surface area (Å²) in [5.41, 5.74) is 1.65. The van der Waals surface area contributed by atoms with Gasteiger partial charge < -0.3 is 14.8 Å². The maximum atomic E-state index is 12.9. The quantitative estimate of drug-likeness (QED) is 0.799. The molecule has 1 N–H and O–H groups in total. The minimum Gasteiger partial charge on any atom is -0.355 e. The number of pyridine rings is 1. The van der Waals surface area contributed by atoms with Crippen LogP contribution in [0.1, 0.15) is 23.3 Å². The molecule has 3 heterocycles. The second kappa shape index (κ2) is 6.59. The fourth-order valence-corrected chi connectivity index (χ4v) is 3.56. The van der Waals surface area contributed by atoms with Crippen LogP contribution >= 0.6 is 0 Å². The van der Waals surface area contributed by atoms with Crippen LogP contribution in [0, 0.1) is 0 Å². The Kier molecular flexibility index (Phi) is 4.14. The zero-order valence-corrected chi connectivity index (χ0v) is 14.4. The molecule has 1 amide bonds. The van der Waals surface area contributed by atoms with Gasteiger partial charge in [-0.1, -0.05) is 24.3 Å². The second-order valence-electron chi connectivity index (χ2n) is 6.62. The maximum absolute atomic E-state index is 12.9. The lowest BCUT2D eigenvalue weighted by Gasteiger charge is -2.38. The first-order chi connectivity index (χ1) is 12.2. The molecule has 1 fully saturated rings. The Balaban J connectivity index is 1.51. The predicted octanol–water partition coefficient (Wildman–Crippen LogP) is 3.30. The first-order valence-electron chi connectivity index (χ1n) is 8.73. The number of aromatic amines is 1. The van der Waals surface area contributed by atoms with E-state index in [2.05, 4.69) is 14.9 Å². The summed E-state index contributed by atoms with van der Waals surface area (Å²) >= 11 is 0. The number of para-hydroxylation sites is 1. The van der Waals surface area contributed by atoms with Crippen LogP contribution in [-0.4, -0.2) is 47.0 Å². The van der Waals surface area contributed by atoms with E-state index >= 15 is 0 Å². The number of piperidine rings is 1. The molecule has 0 spiro atoms. The van der Waals surface area contributed by atoms with Gasteiger partial charge in [0.1, 0.15) is 11.5 Å². The molecule has 0 aliphatic carbocycles. The third-order valence-electron chi connectivity index (χ3n) is 5.00. The van der Waals surface area contributed by atoms with E-state index in [0.717, 1.165) is 42.7 Å². The molecule has 5 nitrogen and oxygen atoms in total. The van der Waals surface area contributed by atoms with E-state index in [1.165, 1.54) is 0 Å². The molecule has 3 aromatic rings. The van der Waals surface area contributed by atoms with Gasteiger partial charge in [-0.2, -0.15) is 0 Å². The Morgan fingerprint density at radius 3 is 2.88 bits per heavy atom. The molecule has 1 saturated heterocycles. The summed E-state index contributed by atoms with van der Waals surface area (Å²) in [5.74, 6) is 1.03. The highest BCUT2D eigenvalue weighted by molar-refractivity contribution is 5.98. The van der Waals surface area contributed by atoms with E-state index in [4.69, 9.17) is 0 Å². The van der Waals surface area contributed by atoms with Gasteiger partial charge in [-0.15, -0.1) is 0 Å². The number of amides is 1. The minimum atomic E-state index is 0.0454. The zero-order valence-electron chi connectivity index (χ0n) is 14.4. The van der Waals surface area contributed by atoms with Crippen LogP contribution in [0.15, 0.2) is 54.7 Å². The highest BCUT2D eigenvalue weighted by Crippen LogP contribution is 2.22. The lowest BCUT2D eigenvalue weighted by atomic mass is 10.0. The molecular weight excluding hydrogens is 312 g/mol. The molecule has 1 aliphatic heterocycles. The number of H-pyrrole nitrogens is 1. The highest BCUT2D eigenvalue weighted by atomic mass is 16.2. The van der Waals surface area contributed by atoms with Gasteiger partial charge in [-0.05, 0) is 37.1 Å². The fourth-order valence-electron chi connectivity index (χ4n) is 3.56. The second-order valence-corrected chi connectivity index (χ2v) is 6.62. The Morgan fingerprint density at radius 2 is 2.08 bits per heavy atom. The minimum absolute atomic E-state index is 0.0454. The van der Waals surface area contributed by atoms with Crippen molar-refractivity contribution in [2.24, 2.45) is 0 Å². The topological polar surface area (TPSA) is 52.2 Å². The summed E-state index contributed by atoms with van der Waals surface area (Å²) in [5, 5.41) is 1.07. The SMILES string of the molecule is CN(C(=O)c1cc2ccccc2[nH]1)[C@H]1CCCN(c2ccccn2)C1. The number of fused-ring (bicyclic) bond motifs is 1. The van der Waals surface area contributed by atoms with Crippen LogP contribution in [0.2, 0.25) is 0 Å². The van der Waals surface area contributed by atoms with Crippen molar-refractivity contribution in [2.75, 3.05) is 25.0 Å². The van der Waals surface area contributed by atoms with Crippen LogP contribution in [0.3, 0.4) is 0 Å². The number of aromatic nitrogens is 2. The van der Waals surface area contributed by atoms with Crippen molar-refractivity contribution in [3.05, 3.63) is 60.4 Å². The molecule has 0 bridgehead atoms. The summed E-state index contributed by atoms with van der Waals surface area (Å²) in [6, 6.07) is 16.1. The number of carbonyl (C=O) groups is 1. The highest BCUT2D eigenvalue weighted by Gasteiger charge is 2.27. The molecule has 1 aromatic carbocycles. The van der Waals surface area contributed by atoms with E-state index in [1.54, 1.807) is 0 Å². The van der Waals surface area contributed by atoms with E-state index in [-0.39, 0.29) is 11.9 Å².